The molecule has 0 aromatic rings. The highest BCUT2D eigenvalue weighted by atomic mass is 16.5. The summed E-state index contributed by atoms with van der Waals surface area (Å²) in [6.45, 7) is 5.69. The summed E-state index contributed by atoms with van der Waals surface area (Å²) in [5.74, 6) is 0.119. The van der Waals surface area contributed by atoms with Gasteiger partial charge in [0.2, 0.25) is 5.91 Å². The van der Waals surface area contributed by atoms with Crippen molar-refractivity contribution in [2.24, 2.45) is 0 Å². The van der Waals surface area contributed by atoms with Crippen LogP contribution in [0.3, 0.4) is 0 Å². The molecule has 0 saturated carbocycles. The zero-order chi connectivity index (χ0) is 10.9. The molecule has 86 valence electrons. The van der Waals surface area contributed by atoms with Crippen LogP contribution in [-0.4, -0.2) is 31.6 Å². The minimum Gasteiger partial charge on any atom is -0.502 e. The Bertz CT molecular complexity index is 201. The molecule has 0 spiro atoms. The molecule has 1 saturated heterocycles. The zero-order valence-electron chi connectivity index (χ0n) is 9.13. The number of carbonyl (C=O) groups is 1. The number of rotatable bonds is 6. The van der Waals surface area contributed by atoms with E-state index < -0.39 is 0 Å². The van der Waals surface area contributed by atoms with E-state index in [2.05, 4.69) is 17.2 Å². The SMILES string of the molecule is C=COCCCNC(=O)C1CCCCN1. The number of hydrogen-bond donors (Lipinski definition) is 2. The van der Waals surface area contributed by atoms with E-state index in [9.17, 15) is 4.79 Å². The van der Waals surface area contributed by atoms with Gasteiger partial charge < -0.3 is 15.4 Å². The highest BCUT2D eigenvalue weighted by Crippen LogP contribution is 2.06. The number of carbonyl (C=O) groups excluding carboxylic acids is 1. The molecule has 0 aliphatic carbocycles. The average molecular weight is 212 g/mol. The Labute approximate surface area is 91.1 Å². The maximum atomic E-state index is 11.6. The topological polar surface area (TPSA) is 50.4 Å². The molecule has 1 aliphatic rings. The fourth-order valence-electron chi connectivity index (χ4n) is 1.65. The van der Waals surface area contributed by atoms with Crippen molar-refractivity contribution >= 4 is 5.91 Å². The molecule has 0 radical (unpaired) electrons. The minimum atomic E-state index is 0.0130. The Morgan fingerprint density at radius 1 is 1.60 bits per heavy atom. The molecule has 1 rings (SSSR count). The van der Waals surface area contributed by atoms with Crippen molar-refractivity contribution in [2.45, 2.75) is 31.7 Å². The molecule has 1 fully saturated rings. The summed E-state index contributed by atoms with van der Waals surface area (Å²) in [6, 6.07) is 0.0130. The molecule has 1 aliphatic heterocycles. The van der Waals surface area contributed by atoms with Crippen molar-refractivity contribution in [1.29, 1.82) is 0 Å². The summed E-state index contributed by atoms with van der Waals surface area (Å²) in [7, 11) is 0. The lowest BCUT2D eigenvalue weighted by molar-refractivity contribution is -0.123. The van der Waals surface area contributed by atoms with Gasteiger partial charge in [0, 0.05) is 6.54 Å². The Morgan fingerprint density at radius 2 is 2.47 bits per heavy atom. The fraction of sp³-hybridized carbons (Fsp3) is 0.727. The quantitative estimate of drug-likeness (QED) is 0.505. The van der Waals surface area contributed by atoms with Gasteiger partial charge in [0.1, 0.15) is 0 Å². The molecule has 1 unspecified atom stereocenters. The second-order valence-corrected chi connectivity index (χ2v) is 3.68. The summed E-state index contributed by atoms with van der Waals surface area (Å²) >= 11 is 0. The van der Waals surface area contributed by atoms with Gasteiger partial charge >= 0.3 is 0 Å². The monoisotopic (exact) mass is 212 g/mol. The van der Waals surface area contributed by atoms with Crippen LogP contribution in [0.5, 0.6) is 0 Å². The number of nitrogens with one attached hydrogen (secondary N) is 2. The van der Waals surface area contributed by atoms with E-state index in [1.165, 1.54) is 12.7 Å². The van der Waals surface area contributed by atoms with Gasteiger partial charge in [0.05, 0.1) is 18.9 Å². The van der Waals surface area contributed by atoms with Gasteiger partial charge in [-0.05, 0) is 25.8 Å². The highest BCUT2D eigenvalue weighted by molar-refractivity contribution is 5.81. The van der Waals surface area contributed by atoms with Crippen molar-refractivity contribution in [2.75, 3.05) is 19.7 Å². The zero-order valence-corrected chi connectivity index (χ0v) is 9.13. The molecule has 4 heteroatoms. The van der Waals surface area contributed by atoms with Crippen LogP contribution in [0.15, 0.2) is 12.8 Å². The molecular weight excluding hydrogens is 192 g/mol. The molecule has 1 atom stereocenters. The van der Waals surface area contributed by atoms with Crippen molar-refractivity contribution < 1.29 is 9.53 Å². The predicted molar refractivity (Wildman–Crippen MR) is 59.4 cm³/mol. The Morgan fingerprint density at radius 3 is 3.13 bits per heavy atom. The van der Waals surface area contributed by atoms with Crippen LogP contribution in [0.2, 0.25) is 0 Å². The first-order valence-electron chi connectivity index (χ1n) is 5.58. The molecular formula is C11H20N2O2. The lowest BCUT2D eigenvalue weighted by Gasteiger charge is -2.22. The first-order valence-corrected chi connectivity index (χ1v) is 5.58. The van der Waals surface area contributed by atoms with E-state index in [1.807, 2.05) is 0 Å². The second kappa shape index (κ2) is 7.29. The molecule has 15 heavy (non-hydrogen) atoms. The lowest BCUT2D eigenvalue weighted by Crippen LogP contribution is -2.46. The van der Waals surface area contributed by atoms with E-state index in [4.69, 9.17) is 4.74 Å². The highest BCUT2D eigenvalue weighted by Gasteiger charge is 2.19. The van der Waals surface area contributed by atoms with Gasteiger partial charge in [-0.1, -0.05) is 13.0 Å². The third-order valence-electron chi connectivity index (χ3n) is 2.48. The Kier molecular flexibility index (Phi) is 5.85. The Balaban J connectivity index is 2.04. The first kappa shape index (κ1) is 12.0. The van der Waals surface area contributed by atoms with Crippen LogP contribution in [0.1, 0.15) is 25.7 Å². The maximum Gasteiger partial charge on any atom is 0.237 e. The normalized spacial score (nSPS) is 20.7. The van der Waals surface area contributed by atoms with E-state index in [0.29, 0.717) is 13.2 Å². The third kappa shape index (κ3) is 4.83. The molecule has 4 nitrogen and oxygen atoms in total. The molecule has 2 N–H and O–H groups in total. The van der Waals surface area contributed by atoms with Crippen LogP contribution in [0.25, 0.3) is 0 Å². The van der Waals surface area contributed by atoms with Gasteiger partial charge in [-0.25, -0.2) is 0 Å². The second-order valence-electron chi connectivity index (χ2n) is 3.68. The number of ether oxygens (including phenoxy) is 1. The number of amides is 1. The summed E-state index contributed by atoms with van der Waals surface area (Å²) in [6.07, 6.45) is 5.52. The van der Waals surface area contributed by atoms with Crippen molar-refractivity contribution in [3.05, 3.63) is 12.8 Å². The van der Waals surface area contributed by atoms with Crippen molar-refractivity contribution in [3.63, 3.8) is 0 Å². The molecule has 0 bridgehead atoms. The molecule has 1 heterocycles. The largest absolute Gasteiger partial charge is 0.502 e. The summed E-state index contributed by atoms with van der Waals surface area (Å²) in [4.78, 5) is 11.6. The van der Waals surface area contributed by atoms with Gasteiger partial charge in [0.25, 0.3) is 0 Å². The average Bonchev–Trinajstić information content (AvgIpc) is 2.30. The molecule has 0 aromatic carbocycles. The van der Waals surface area contributed by atoms with Gasteiger partial charge in [-0.3, -0.25) is 4.79 Å². The standard InChI is InChI=1S/C11H20N2O2/c1-2-15-9-5-8-13-11(14)10-6-3-4-7-12-10/h2,10,12H,1,3-9H2,(H,13,14). The van der Waals surface area contributed by atoms with Crippen LogP contribution >= 0.6 is 0 Å². The molecule has 0 aromatic heterocycles. The minimum absolute atomic E-state index is 0.0130. The van der Waals surface area contributed by atoms with E-state index in [-0.39, 0.29) is 11.9 Å². The van der Waals surface area contributed by atoms with Crippen LogP contribution in [-0.2, 0) is 9.53 Å². The van der Waals surface area contributed by atoms with Crippen LogP contribution in [0.4, 0.5) is 0 Å². The number of piperidine rings is 1. The van der Waals surface area contributed by atoms with Gasteiger partial charge in [0.15, 0.2) is 0 Å². The summed E-state index contributed by atoms with van der Waals surface area (Å²) in [5.41, 5.74) is 0. The first-order chi connectivity index (χ1) is 7.34. The van der Waals surface area contributed by atoms with E-state index in [0.717, 1.165) is 25.8 Å². The third-order valence-corrected chi connectivity index (χ3v) is 2.48. The van der Waals surface area contributed by atoms with E-state index >= 15 is 0 Å². The van der Waals surface area contributed by atoms with Gasteiger partial charge in [-0.15, -0.1) is 0 Å². The Hall–Kier alpha value is -1.03. The van der Waals surface area contributed by atoms with Crippen molar-refractivity contribution in [1.82, 2.24) is 10.6 Å². The van der Waals surface area contributed by atoms with Gasteiger partial charge in [-0.2, -0.15) is 0 Å². The van der Waals surface area contributed by atoms with Crippen LogP contribution < -0.4 is 10.6 Å². The summed E-state index contributed by atoms with van der Waals surface area (Å²) in [5, 5.41) is 6.11. The van der Waals surface area contributed by atoms with E-state index in [1.54, 1.807) is 0 Å². The molecule has 1 amide bonds. The van der Waals surface area contributed by atoms with Crippen molar-refractivity contribution in [3.8, 4) is 0 Å². The predicted octanol–water partition coefficient (Wildman–Crippen LogP) is 0.795. The summed E-state index contributed by atoms with van der Waals surface area (Å²) < 4.78 is 4.96. The van der Waals surface area contributed by atoms with Crippen LogP contribution in [0, 0.1) is 0 Å². The maximum absolute atomic E-state index is 11.6. The number of hydrogen-bond acceptors (Lipinski definition) is 3. The smallest absolute Gasteiger partial charge is 0.237 e. The fourth-order valence-corrected chi connectivity index (χ4v) is 1.65. The lowest BCUT2D eigenvalue weighted by atomic mass is 10.0.